The lowest BCUT2D eigenvalue weighted by Crippen LogP contribution is -2.41. The fourth-order valence-electron chi connectivity index (χ4n) is 2.41. The first-order chi connectivity index (χ1) is 10.1. The van der Waals surface area contributed by atoms with E-state index >= 15 is 0 Å². The van der Waals surface area contributed by atoms with Crippen LogP contribution < -0.4 is 0 Å². The van der Waals surface area contributed by atoms with Gasteiger partial charge in [0, 0.05) is 13.2 Å². The van der Waals surface area contributed by atoms with Crippen molar-refractivity contribution in [1.29, 1.82) is 0 Å². The fraction of sp³-hybridized carbons (Fsp3) is 0.529. The van der Waals surface area contributed by atoms with Crippen LogP contribution in [-0.4, -0.2) is 28.4 Å². The van der Waals surface area contributed by atoms with Crippen molar-refractivity contribution in [2.75, 3.05) is 13.2 Å². The van der Waals surface area contributed by atoms with Crippen LogP contribution in [0, 0.1) is 0 Å². The Morgan fingerprint density at radius 2 is 1.81 bits per heavy atom. The molecule has 1 unspecified atom stereocenters. The van der Waals surface area contributed by atoms with Crippen molar-refractivity contribution < 1.29 is 13.9 Å². The molecule has 0 amide bonds. The minimum Gasteiger partial charge on any atom is -0.411 e. The van der Waals surface area contributed by atoms with E-state index in [2.05, 4.69) is 25.6 Å². The van der Waals surface area contributed by atoms with Crippen molar-refractivity contribution in [2.45, 2.75) is 45.6 Å². The summed E-state index contributed by atoms with van der Waals surface area (Å²) >= 11 is 0. The Labute approximate surface area is 131 Å². The molecule has 118 valence electrons. The van der Waals surface area contributed by atoms with E-state index in [4.69, 9.17) is 13.9 Å². The fourth-order valence-corrected chi connectivity index (χ4v) is 3.90. The molecule has 0 N–H and O–H groups in total. The Balaban J connectivity index is 2.80. The molecule has 0 bridgehead atoms. The summed E-state index contributed by atoms with van der Waals surface area (Å²) in [4.78, 5) is 0. The zero-order valence-electron chi connectivity index (χ0n) is 13.7. The molecule has 3 nitrogen and oxygen atoms in total. The highest BCUT2D eigenvalue weighted by Gasteiger charge is 2.28. The highest BCUT2D eigenvalue weighted by Crippen LogP contribution is 2.26. The van der Waals surface area contributed by atoms with Crippen molar-refractivity contribution in [1.82, 2.24) is 0 Å². The third-order valence-corrected chi connectivity index (χ3v) is 4.88. The zero-order chi connectivity index (χ0) is 15.7. The molecule has 1 aromatic rings. The number of rotatable bonds is 10. The van der Waals surface area contributed by atoms with E-state index in [0.29, 0.717) is 13.2 Å². The first-order valence-electron chi connectivity index (χ1n) is 7.71. The minimum atomic E-state index is -0.998. The lowest BCUT2D eigenvalue weighted by Gasteiger charge is -2.31. The van der Waals surface area contributed by atoms with Crippen LogP contribution in [0.1, 0.15) is 51.3 Å². The molecular formula is C17H28O3Si. The number of hydrogen-bond donors (Lipinski definition) is 0. The second-order valence-electron chi connectivity index (χ2n) is 5.04. The molecule has 0 heterocycles. The van der Waals surface area contributed by atoms with E-state index in [-0.39, 0.29) is 6.10 Å². The van der Waals surface area contributed by atoms with Gasteiger partial charge in [0.25, 0.3) is 0 Å². The van der Waals surface area contributed by atoms with Gasteiger partial charge < -0.3 is 13.9 Å². The van der Waals surface area contributed by atoms with Gasteiger partial charge in [-0.1, -0.05) is 43.8 Å². The van der Waals surface area contributed by atoms with Gasteiger partial charge in [-0.05, 0) is 38.3 Å². The molecule has 0 aliphatic carbocycles. The molecular weight excluding hydrogens is 280 g/mol. The van der Waals surface area contributed by atoms with Crippen LogP contribution in [0.3, 0.4) is 0 Å². The van der Waals surface area contributed by atoms with Gasteiger partial charge in [-0.25, -0.2) is 0 Å². The Morgan fingerprint density at radius 1 is 1.19 bits per heavy atom. The summed E-state index contributed by atoms with van der Waals surface area (Å²) in [6, 6.07) is 8.24. The van der Waals surface area contributed by atoms with Crippen LogP contribution >= 0.6 is 0 Å². The first kappa shape index (κ1) is 18.1. The highest BCUT2D eigenvalue weighted by molar-refractivity contribution is 6.30. The van der Waals surface area contributed by atoms with Crippen LogP contribution in [0.5, 0.6) is 0 Å². The largest absolute Gasteiger partial charge is 0.411 e. The first-order valence-corrected chi connectivity index (χ1v) is 8.99. The second kappa shape index (κ2) is 9.15. The van der Waals surface area contributed by atoms with Crippen molar-refractivity contribution >= 4 is 15.8 Å². The molecule has 1 atom stereocenters. The predicted octanol–water partition coefficient (Wildman–Crippen LogP) is 3.63. The maximum atomic E-state index is 6.23. The van der Waals surface area contributed by atoms with Crippen molar-refractivity contribution in [3.8, 4) is 0 Å². The SMILES string of the molecule is C=Cc1ccccc1C(CC)O[SiH2]C(C)(OCC)OCC. The van der Waals surface area contributed by atoms with Crippen molar-refractivity contribution in [3.05, 3.63) is 42.0 Å². The third-order valence-electron chi connectivity index (χ3n) is 3.38. The van der Waals surface area contributed by atoms with Crippen molar-refractivity contribution in [3.63, 3.8) is 0 Å². The van der Waals surface area contributed by atoms with Gasteiger partial charge in [0.1, 0.15) is 0 Å². The van der Waals surface area contributed by atoms with Crippen LogP contribution in [0.15, 0.2) is 30.8 Å². The summed E-state index contributed by atoms with van der Waals surface area (Å²) in [5.41, 5.74) is 1.77. The molecule has 4 heteroatoms. The number of hydrogen-bond acceptors (Lipinski definition) is 3. The van der Waals surface area contributed by atoms with E-state index in [0.717, 1.165) is 12.0 Å². The van der Waals surface area contributed by atoms with Gasteiger partial charge in [0.05, 0.1) is 6.10 Å². The predicted molar refractivity (Wildman–Crippen MR) is 90.9 cm³/mol. The monoisotopic (exact) mass is 308 g/mol. The third kappa shape index (κ3) is 5.40. The molecule has 0 aromatic heterocycles. The van der Waals surface area contributed by atoms with Crippen molar-refractivity contribution in [2.24, 2.45) is 0 Å². The lowest BCUT2D eigenvalue weighted by molar-refractivity contribution is -0.171. The molecule has 1 aromatic carbocycles. The zero-order valence-corrected chi connectivity index (χ0v) is 15.1. The Morgan fingerprint density at radius 3 is 2.33 bits per heavy atom. The molecule has 21 heavy (non-hydrogen) atoms. The molecule has 0 aliphatic heterocycles. The maximum absolute atomic E-state index is 6.23. The molecule has 0 fully saturated rings. The Kier molecular flexibility index (Phi) is 7.89. The van der Waals surface area contributed by atoms with Crippen LogP contribution in [0.4, 0.5) is 0 Å². The smallest absolute Gasteiger partial charge is 0.228 e. The van der Waals surface area contributed by atoms with Gasteiger partial charge in [-0.3, -0.25) is 0 Å². The average molecular weight is 308 g/mol. The maximum Gasteiger partial charge on any atom is 0.228 e. The molecule has 0 saturated carbocycles. The summed E-state index contributed by atoms with van der Waals surface area (Å²) < 4.78 is 17.7. The molecule has 0 spiro atoms. The second-order valence-corrected chi connectivity index (χ2v) is 6.95. The summed E-state index contributed by atoms with van der Waals surface area (Å²) in [7, 11) is -0.998. The van der Waals surface area contributed by atoms with E-state index in [1.54, 1.807) is 0 Å². The number of benzene rings is 1. The van der Waals surface area contributed by atoms with E-state index < -0.39 is 15.2 Å². The van der Waals surface area contributed by atoms with Crippen LogP contribution in [0.25, 0.3) is 6.08 Å². The van der Waals surface area contributed by atoms with Gasteiger partial charge >= 0.3 is 0 Å². The minimum absolute atomic E-state index is 0.0751. The summed E-state index contributed by atoms with van der Waals surface area (Å²) in [5, 5.41) is 0. The summed E-state index contributed by atoms with van der Waals surface area (Å²) in [6.45, 7) is 13.2. The van der Waals surface area contributed by atoms with Gasteiger partial charge in [-0.2, -0.15) is 0 Å². The van der Waals surface area contributed by atoms with E-state index in [1.165, 1.54) is 5.56 Å². The normalized spacial score (nSPS) is 13.7. The molecule has 0 saturated heterocycles. The van der Waals surface area contributed by atoms with Crippen LogP contribution in [-0.2, 0) is 13.9 Å². The standard InChI is InChI=1S/C17H28O3Si/c1-6-14-12-10-11-13-15(14)16(7-2)20-21-17(5,18-8-3)19-9-4/h6,10-13,16H,1,7-9,21H2,2-5H3. The topological polar surface area (TPSA) is 27.7 Å². The number of ether oxygens (including phenoxy) is 2. The summed E-state index contributed by atoms with van der Waals surface area (Å²) in [5.74, 6) is 0. The Hall–Kier alpha value is -0.943. The van der Waals surface area contributed by atoms with Gasteiger partial charge in [0.2, 0.25) is 9.76 Å². The molecule has 1 rings (SSSR count). The van der Waals surface area contributed by atoms with Crippen LogP contribution in [0.2, 0.25) is 0 Å². The Bertz CT molecular complexity index is 428. The van der Waals surface area contributed by atoms with E-state index in [9.17, 15) is 0 Å². The van der Waals surface area contributed by atoms with Gasteiger partial charge in [-0.15, -0.1) is 0 Å². The quantitative estimate of drug-likeness (QED) is 0.488. The average Bonchev–Trinajstić information content (AvgIpc) is 2.49. The highest BCUT2D eigenvalue weighted by atomic mass is 28.2. The van der Waals surface area contributed by atoms with E-state index in [1.807, 2.05) is 39.0 Å². The van der Waals surface area contributed by atoms with Gasteiger partial charge in [0.15, 0.2) is 5.41 Å². The summed E-state index contributed by atoms with van der Waals surface area (Å²) in [6.07, 6.45) is 2.88. The molecule has 0 aliphatic rings. The molecule has 0 radical (unpaired) electrons. The lowest BCUT2D eigenvalue weighted by atomic mass is 10.0.